The van der Waals surface area contributed by atoms with E-state index in [2.05, 4.69) is 18.7 Å². The van der Waals surface area contributed by atoms with Crippen LogP contribution in [0.25, 0.3) is 0 Å². The van der Waals surface area contributed by atoms with E-state index in [1.165, 1.54) is 12.8 Å². The Kier molecular flexibility index (Phi) is 3.53. The second-order valence-electron chi connectivity index (χ2n) is 4.11. The van der Waals surface area contributed by atoms with Crippen LogP contribution >= 0.6 is 0 Å². The first-order valence-corrected chi connectivity index (χ1v) is 5.07. The maximum Gasteiger partial charge on any atom is 0.104 e. The first-order chi connectivity index (χ1) is 5.65. The molecule has 0 saturated carbocycles. The van der Waals surface area contributed by atoms with Crippen molar-refractivity contribution in [1.29, 1.82) is 0 Å². The quantitative estimate of drug-likeness (QED) is 0.696. The molecule has 1 N–H and O–H groups in total. The molecular formula is C10H21NO. The monoisotopic (exact) mass is 171 g/mol. The summed E-state index contributed by atoms with van der Waals surface area (Å²) in [5.74, 6) is 1.67. The van der Waals surface area contributed by atoms with Crippen LogP contribution in [0.2, 0.25) is 0 Å². The molecule has 0 radical (unpaired) electrons. The van der Waals surface area contributed by atoms with Crippen molar-refractivity contribution in [3.8, 4) is 0 Å². The smallest absolute Gasteiger partial charge is 0.104 e. The molecule has 0 aliphatic carbocycles. The SMILES string of the molecule is CCCC(C)C1CN(C(C)O)C1. The summed E-state index contributed by atoms with van der Waals surface area (Å²) in [7, 11) is 0. The van der Waals surface area contributed by atoms with E-state index in [0.717, 1.165) is 24.9 Å². The lowest BCUT2D eigenvalue weighted by Gasteiger charge is -2.44. The molecule has 0 aromatic rings. The van der Waals surface area contributed by atoms with Crippen LogP contribution in [-0.4, -0.2) is 29.3 Å². The second kappa shape index (κ2) is 4.24. The molecule has 1 aliphatic rings. The van der Waals surface area contributed by atoms with Gasteiger partial charge in [0.25, 0.3) is 0 Å². The Labute approximate surface area is 75.6 Å². The highest BCUT2D eigenvalue weighted by Gasteiger charge is 2.32. The van der Waals surface area contributed by atoms with Crippen molar-refractivity contribution in [3.63, 3.8) is 0 Å². The van der Waals surface area contributed by atoms with Gasteiger partial charge in [0.2, 0.25) is 0 Å². The minimum atomic E-state index is -0.241. The summed E-state index contributed by atoms with van der Waals surface area (Å²) < 4.78 is 0. The van der Waals surface area contributed by atoms with Gasteiger partial charge in [-0.2, -0.15) is 0 Å². The van der Waals surface area contributed by atoms with Crippen LogP contribution in [0.4, 0.5) is 0 Å². The number of likely N-dealkylation sites (tertiary alicyclic amines) is 1. The standard InChI is InChI=1S/C10H21NO/c1-4-5-8(2)10-6-11(7-10)9(3)12/h8-10,12H,4-7H2,1-3H3. The van der Waals surface area contributed by atoms with E-state index in [1.807, 2.05) is 6.92 Å². The summed E-state index contributed by atoms with van der Waals surface area (Å²) in [5, 5.41) is 9.23. The molecule has 1 heterocycles. The Morgan fingerprint density at radius 3 is 2.42 bits per heavy atom. The number of hydrogen-bond donors (Lipinski definition) is 1. The van der Waals surface area contributed by atoms with Gasteiger partial charge < -0.3 is 5.11 Å². The van der Waals surface area contributed by atoms with Gasteiger partial charge in [0.1, 0.15) is 6.23 Å². The largest absolute Gasteiger partial charge is 0.379 e. The third-order valence-electron chi connectivity index (χ3n) is 3.02. The fourth-order valence-corrected chi connectivity index (χ4v) is 1.90. The van der Waals surface area contributed by atoms with Crippen molar-refractivity contribution in [3.05, 3.63) is 0 Å². The van der Waals surface area contributed by atoms with Crippen LogP contribution in [-0.2, 0) is 0 Å². The highest BCUT2D eigenvalue weighted by atomic mass is 16.3. The lowest BCUT2D eigenvalue weighted by molar-refractivity contribution is -0.0676. The topological polar surface area (TPSA) is 23.5 Å². The van der Waals surface area contributed by atoms with E-state index in [9.17, 15) is 5.11 Å². The van der Waals surface area contributed by atoms with E-state index in [-0.39, 0.29) is 6.23 Å². The molecule has 12 heavy (non-hydrogen) atoms. The van der Waals surface area contributed by atoms with Crippen LogP contribution < -0.4 is 0 Å². The summed E-state index contributed by atoms with van der Waals surface area (Å²) >= 11 is 0. The third-order valence-corrected chi connectivity index (χ3v) is 3.02. The Bertz CT molecular complexity index is 130. The predicted molar refractivity (Wildman–Crippen MR) is 50.8 cm³/mol. The minimum Gasteiger partial charge on any atom is -0.379 e. The molecule has 2 unspecified atom stereocenters. The molecular weight excluding hydrogens is 150 g/mol. The Morgan fingerprint density at radius 2 is 2.00 bits per heavy atom. The van der Waals surface area contributed by atoms with Crippen molar-refractivity contribution < 1.29 is 5.11 Å². The van der Waals surface area contributed by atoms with Gasteiger partial charge in [-0.3, -0.25) is 4.90 Å². The van der Waals surface area contributed by atoms with Crippen molar-refractivity contribution in [2.24, 2.45) is 11.8 Å². The van der Waals surface area contributed by atoms with Gasteiger partial charge in [-0.1, -0.05) is 26.7 Å². The summed E-state index contributed by atoms with van der Waals surface area (Å²) in [4.78, 5) is 2.12. The van der Waals surface area contributed by atoms with Crippen molar-refractivity contribution in [2.75, 3.05) is 13.1 Å². The number of aliphatic hydroxyl groups excluding tert-OH is 1. The Balaban J connectivity index is 2.16. The summed E-state index contributed by atoms with van der Waals surface area (Å²) in [5.41, 5.74) is 0. The van der Waals surface area contributed by atoms with E-state index in [0.29, 0.717) is 0 Å². The lowest BCUT2D eigenvalue weighted by Crippen LogP contribution is -2.53. The summed E-state index contributed by atoms with van der Waals surface area (Å²) in [6.45, 7) is 8.60. The zero-order valence-corrected chi connectivity index (χ0v) is 8.45. The van der Waals surface area contributed by atoms with Crippen LogP contribution in [0, 0.1) is 11.8 Å². The molecule has 0 aromatic heterocycles. The van der Waals surface area contributed by atoms with Gasteiger partial charge in [0.15, 0.2) is 0 Å². The van der Waals surface area contributed by atoms with Crippen molar-refractivity contribution in [2.45, 2.75) is 39.8 Å². The molecule has 1 fully saturated rings. The number of hydrogen-bond acceptors (Lipinski definition) is 2. The van der Waals surface area contributed by atoms with E-state index >= 15 is 0 Å². The Hall–Kier alpha value is -0.0800. The highest BCUT2D eigenvalue weighted by molar-refractivity contribution is 4.83. The highest BCUT2D eigenvalue weighted by Crippen LogP contribution is 2.27. The predicted octanol–water partition coefficient (Wildman–Crippen LogP) is 1.69. The van der Waals surface area contributed by atoms with E-state index in [4.69, 9.17) is 0 Å². The van der Waals surface area contributed by atoms with Gasteiger partial charge in [-0.25, -0.2) is 0 Å². The first kappa shape index (κ1) is 10.0. The molecule has 0 aromatic carbocycles. The first-order valence-electron chi connectivity index (χ1n) is 5.07. The van der Waals surface area contributed by atoms with Crippen molar-refractivity contribution in [1.82, 2.24) is 4.90 Å². The molecule has 1 saturated heterocycles. The third kappa shape index (κ3) is 2.20. The second-order valence-corrected chi connectivity index (χ2v) is 4.11. The average Bonchev–Trinajstić information content (AvgIpc) is 1.82. The van der Waals surface area contributed by atoms with Crippen LogP contribution in [0.1, 0.15) is 33.6 Å². The molecule has 2 heteroatoms. The molecule has 72 valence electrons. The molecule has 2 atom stereocenters. The average molecular weight is 171 g/mol. The van der Waals surface area contributed by atoms with Gasteiger partial charge in [0.05, 0.1) is 0 Å². The molecule has 1 aliphatic heterocycles. The zero-order valence-electron chi connectivity index (χ0n) is 8.45. The van der Waals surface area contributed by atoms with Crippen LogP contribution in [0.5, 0.6) is 0 Å². The van der Waals surface area contributed by atoms with E-state index in [1.54, 1.807) is 0 Å². The molecule has 0 spiro atoms. The maximum atomic E-state index is 9.23. The Morgan fingerprint density at radius 1 is 1.42 bits per heavy atom. The van der Waals surface area contributed by atoms with Gasteiger partial charge in [-0.15, -0.1) is 0 Å². The van der Waals surface area contributed by atoms with Crippen molar-refractivity contribution >= 4 is 0 Å². The maximum absolute atomic E-state index is 9.23. The molecule has 1 rings (SSSR count). The molecule has 2 nitrogen and oxygen atoms in total. The van der Waals surface area contributed by atoms with Gasteiger partial charge in [-0.05, 0) is 18.8 Å². The fraction of sp³-hybridized carbons (Fsp3) is 1.00. The molecule has 0 amide bonds. The minimum absolute atomic E-state index is 0.241. The summed E-state index contributed by atoms with van der Waals surface area (Å²) in [6.07, 6.45) is 2.38. The zero-order chi connectivity index (χ0) is 9.14. The summed E-state index contributed by atoms with van der Waals surface area (Å²) in [6, 6.07) is 0. The number of aliphatic hydroxyl groups is 1. The number of rotatable bonds is 4. The van der Waals surface area contributed by atoms with Gasteiger partial charge in [0, 0.05) is 13.1 Å². The molecule has 0 bridgehead atoms. The normalized spacial score (nSPS) is 25.0. The van der Waals surface area contributed by atoms with Crippen LogP contribution in [0.15, 0.2) is 0 Å². The van der Waals surface area contributed by atoms with Gasteiger partial charge >= 0.3 is 0 Å². The van der Waals surface area contributed by atoms with E-state index < -0.39 is 0 Å². The fourth-order valence-electron chi connectivity index (χ4n) is 1.90. The van der Waals surface area contributed by atoms with Crippen LogP contribution in [0.3, 0.4) is 0 Å². The number of nitrogens with zero attached hydrogens (tertiary/aromatic N) is 1. The lowest BCUT2D eigenvalue weighted by atomic mass is 9.84.